The first-order valence-corrected chi connectivity index (χ1v) is 8.42. The minimum absolute atomic E-state index is 0.0288. The summed E-state index contributed by atoms with van der Waals surface area (Å²) in [7, 11) is 1.74. The van der Waals surface area contributed by atoms with Crippen molar-refractivity contribution in [1.82, 2.24) is 15.1 Å². The van der Waals surface area contributed by atoms with Gasteiger partial charge in [0.05, 0.1) is 12.7 Å². The number of anilines is 1. The Bertz CT molecular complexity index is 547. The van der Waals surface area contributed by atoms with E-state index in [1.807, 2.05) is 26.8 Å². The molecule has 1 unspecified atom stereocenters. The fraction of sp³-hybridized carbons (Fsp3) is 0.688. The molecule has 2 rings (SSSR count). The van der Waals surface area contributed by atoms with Crippen molar-refractivity contribution in [2.45, 2.75) is 38.9 Å². The van der Waals surface area contributed by atoms with Crippen molar-refractivity contribution in [3.8, 4) is 0 Å². The van der Waals surface area contributed by atoms with Crippen LogP contribution in [0, 0.1) is 0 Å². The van der Waals surface area contributed by atoms with E-state index in [0.29, 0.717) is 24.8 Å². The number of nitrogens with zero attached hydrogens (tertiary/aromatic N) is 4. The molecular formula is C16H25ClN4O3. The summed E-state index contributed by atoms with van der Waals surface area (Å²) >= 11 is 5.77. The summed E-state index contributed by atoms with van der Waals surface area (Å²) in [6.07, 6.45) is 0.438. The molecule has 0 aromatic carbocycles. The third-order valence-corrected chi connectivity index (χ3v) is 3.77. The third-order valence-electron chi connectivity index (χ3n) is 3.57. The second-order valence-corrected chi connectivity index (χ2v) is 7.23. The summed E-state index contributed by atoms with van der Waals surface area (Å²) in [6, 6.07) is 3.58. The fourth-order valence-corrected chi connectivity index (χ4v) is 2.45. The number of carbonyl (C=O) groups is 1. The highest BCUT2D eigenvalue weighted by Crippen LogP contribution is 2.17. The molecule has 1 saturated heterocycles. The highest BCUT2D eigenvalue weighted by molar-refractivity contribution is 6.29. The zero-order chi connectivity index (χ0) is 17.7. The normalized spacial score (nSPS) is 18.4. The van der Waals surface area contributed by atoms with Crippen LogP contribution in [0.25, 0.3) is 0 Å². The lowest BCUT2D eigenvalue weighted by Gasteiger charge is -2.34. The Morgan fingerprint density at radius 3 is 2.83 bits per heavy atom. The summed E-state index contributed by atoms with van der Waals surface area (Å²) in [5.41, 5.74) is -0.489. The molecule has 0 saturated carbocycles. The van der Waals surface area contributed by atoms with Gasteiger partial charge in [-0.15, -0.1) is 10.2 Å². The van der Waals surface area contributed by atoms with E-state index >= 15 is 0 Å². The second-order valence-electron chi connectivity index (χ2n) is 6.84. The Kier molecular flexibility index (Phi) is 6.23. The van der Waals surface area contributed by atoms with Gasteiger partial charge in [-0.3, -0.25) is 0 Å². The van der Waals surface area contributed by atoms with Crippen LogP contribution in [0.1, 0.15) is 27.2 Å². The predicted octanol–water partition coefficient (Wildman–Crippen LogP) is 2.59. The summed E-state index contributed by atoms with van der Waals surface area (Å²) in [5.74, 6) is 0.785. The molecule has 8 heteroatoms. The van der Waals surface area contributed by atoms with Crippen molar-refractivity contribution in [1.29, 1.82) is 0 Å². The molecule has 2 heterocycles. The van der Waals surface area contributed by atoms with Crippen molar-refractivity contribution in [3.05, 3.63) is 17.3 Å². The average Bonchev–Trinajstić information content (AvgIpc) is 2.52. The van der Waals surface area contributed by atoms with Crippen LogP contribution in [0.3, 0.4) is 0 Å². The molecular weight excluding hydrogens is 332 g/mol. The maximum absolute atomic E-state index is 12.0. The number of halogens is 1. The molecule has 0 radical (unpaired) electrons. The van der Waals surface area contributed by atoms with Gasteiger partial charge in [0.25, 0.3) is 0 Å². The Morgan fingerprint density at radius 1 is 1.46 bits per heavy atom. The lowest BCUT2D eigenvalue weighted by Crippen LogP contribution is -2.44. The van der Waals surface area contributed by atoms with Crippen LogP contribution in [0.5, 0.6) is 0 Å². The number of aromatic nitrogens is 2. The summed E-state index contributed by atoms with van der Waals surface area (Å²) < 4.78 is 11.1. The van der Waals surface area contributed by atoms with E-state index in [1.165, 1.54) is 0 Å². The van der Waals surface area contributed by atoms with E-state index < -0.39 is 5.60 Å². The van der Waals surface area contributed by atoms with Gasteiger partial charge in [-0.2, -0.15) is 0 Å². The number of hydrogen-bond donors (Lipinski definition) is 0. The van der Waals surface area contributed by atoms with Crippen LogP contribution in [-0.4, -0.2) is 66.2 Å². The lowest BCUT2D eigenvalue weighted by atomic mass is 10.2. The molecule has 134 valence electrons. The molecule has 1 aromatic heterocycles. The van der Waals surface area contributed by atoms with Gasteiger partial charge in [0, 0.05) is 26.7 Å². The second kappa shape index (κ2) is 7.98. The lowest BCUT2D eigenvalue weighted by molar-refractivity contribution is 0.0148. The van der Waals surface area contributed by atoms with Crippen molar-refractivity contribution in [2.75, 3.05) is 38.2 Å². The Hall–Kier alpha value is -1.60. The van der Waals surface area contributed by atoms with Gasteiger partial charge >= 0.3 is 6.09 Å². The maximum atomic E-state index is 12.0. The summed E-state index contributed by atoms with van der Waals surface area (Å²) in [4.78, 5) is 15.7. The molecule has 24 heavy (non-hydrogen) atoms. The van der Waals surface area contributed by atoms with Gasteiger partial charge in [-0.25, -0.2) is 4.79 Å². The summed E-state index contributed by atoms with van der Waals surface area (Å²) in [6.45, 7) is 8.22. The van der Waals surface area contributed by atoms with Gasteiger partial charge in [0.2, 0.25) is 0 Å². The van der Waals surface area contributed by atoms with E-state index in [-0.39, 0.29) is 12.2 Å². The molecule has 0 spiro atoms. The van der Waals surface area contributed by atoms with Gasteiger partial charge < -0.3 is 19.3 Å². The minimum Gasteiger partial charge on any atom is -0.444 e. The Balaban J connectivity index is 1.82. The van der Waals surface area contributed by atoms with E-state index in [2.05, 4.69) is 15.1 Å². The van der Waals surface area contributed by atoms with Gasteiger partial charge in [0.15, 0.2) is 11.0 Å². The first kappa shape index (κ1) is 18.7. The number of morpholine rings is 1. The molecule has 7 nitrogen and oxygen atoms in total. The third kappa shape index (κ3) is 5.79. The van der Waals surface area contributed by atoms with Crippen LogP contribution in [0.2, 0.25) is 5.15 Å². The number of carbonyl (C=O) groups excluding carboxylic acids is 1. The number of amides is 1. The van der Waals surface area contributed by atoms with Crippen molar-refractivity contribution in [3.63, 3.8) is 0 Å². The molecule has 1 aliphatic heterocycles. The van der Waals surface area contributed by atoms with E-state index in [4.69, 9.17) is 21.1 Å². The SMILES string of the molecule is CN(CCC1CN(c2ccc(Cl)nn2)CCO1)C(=O)OC(C)(C)C. The highest BCUT2D eigenvalue weighted by atomic mass is 35.5. The van der Waals surface area contributed by atoms with Crippen LogP contribution in [-0.2, 0) is 9.47 Å². The highest BCUT2D eigenvalue weighted by Gasteiger charge is 2.24. The van der Waals surface area contributed by atoms with Crippen LogP contribution in [0.15, 0.2) is 12.1 Å². The maximum Gasteiger partial charge on any atom is 0.410 e. The molecule has 1 aliphatic rings. The zero-order valence-corrected chi connectivity index (χ0v) is 15.4. The van der Waals surface area contributed by atoms with Crippen LogP contribution < -0.4 is 4.90 Å². The van der Waals surface area contributed by atoms with Crippen molar-refractivity contribution < 1.29 is 14.3 Å². The monoisotopic (exact) mass is 356 g/mol. The van der Waals surface area contributed by atoms with Gasteiger partial charge in [-0.1, -0.05) is 11.6 Å². The molecule has 0 N–H and O–H groups in total. The predicted molar refractivity (Wildman–Crippen MR) is 92.5 cm³/mol. The molecule has 1 fully saturated rings. The zero-order valence-electron chi connectivity index (χ0n) is 14.7. The molecule has 1 amide bonds. The smallest absolute Gasteiger partial charge is 0.410 e. The number of ether oxygens (including phenoxy) is 2. The Morgan fingerprint density at radius 2 is 2.21 bits per heavy atom. The van der Waals surface area contributed by atoms with Crippen molar-refractivity contribution >= 4 is 23.5 Å². The number of hydrogen-bond acceptors (Lipinski definition) is 6. The minimum atomic E-state index is -0.489. The van der Waals surface area contributed by atoms with Gasteiger partial charge in [0.1, 0.15) is 5.60 Å². The molecule has 1 atom stereocenters. The first-order valence-electron chi connectivity index (χ1n) is 8.04. The topological polar surface area (TPSA) is 67.8 Å². The molecule has 0 bridgehead atoms. The Labute approximate surface area is 147 Å². The molecule has 0 aliphatic carbocycles. The van der Waals surface area contributed by atoms with E-state index in [0.717, 1.165) is 18.8 Å². The average molecular weight is 357 g/mol. The summed E-state index contributed by atoms with van der Waals surface area (Å²) in [5, 5.41) is 8.36. The van der Waals surface area contributed by atoms with Crippen molar-refractivity contribution in [2.24, 2.45) is 0 Å². The largest absolute Gasteiger partial charge is 0.444 e. The molecule has 1 aromatic rings. The first-order chi connectivity index (χ1) is 11.2. The van der Waals surface area contributed by atoms with Gasteiger partial charge in [-0.05, 0) is 39.3 Å². The van der Waals surface area contributed by atoms with Crippen LogP contribution in [0.4, 0.5) is 10.6 Å². The quantitative estimate of drug-likeness (QED) is 0.826. The van der Waals surface area contributed by atoms with E-state index in [9.17, 15) is 4.79 Å². The standard InChI is InChI=1S/C16H25ClN4O3/c1-16(2,3)24-15(22)20(4)8-7-12-11-21(9-10-23-12)14-6-5-13(17)18-19-14/h5-6,12H,7-11H2,1-4H3. The van der Waals surface area contributed by atoms with Crippen LogP contribution >= 0.6 is 11.6 Å². The number of rotatable bonds is 4. The van der Waals surface area contributed by atoms with E-state index in [1.54, 1.807) is 18.0 Å². The fourth-order valence-electron chi connectivity index (χ4n) is 2.35.